The zero-order valence-electron chi connectivity index (χ0n) is 20.7. The van der Waals surface area contributed by atoms with Crippen molar-refractivity contribution in [2.45, 2.75) is 0 Å². The molecular formula is C27H18Cl2N3O8-. The number of benzene rings is 3. The van der Waals surface area contributed by atoms with Gasteiger partial charge in [0.25, 0.3) is 17.7 Å². The van der Waals surface area contributed by atoms with Crippen LogP contribution in [-0.4, -0.2) is 43.9 Å². The van der Waals surface area contributed by atoms with Crippen molar-refractivity contribution < 1.29 is 38.6 Å². The molecule has 0 radical (unpaired) electrons. The summed E-state index contributed by atoms with van der Waals surface area (Å²) in [7, 11) is 2.47. The first-order valence-corrected chi connectivity index (χ1v) is 12.1. The lowest BCUT2D eigenvalue weighted by molar-refractivity contribution is -0.255. The topological polar surface area (TPSA) is 154 Å². The third-order valence-corrected chi connectivity index (χ3v) is 6.39. The molecule has 204 valence electrons. The number of halogens is 2. The predicted octanol–water partition coefficient (Wildman–Crippen LogP) is 3.19. The SMILES string of the molecule is COC(=O)c1cccc(N2C(=O)C(Cl)=C(Nc3ccc(C(=O)Nc4cc(OC)c(C(=O)[O-])cc4Cl)cc3)C2=O)c1. The summed E-state index contributed by atoms with van der Waals surface area (Å²) >= 11 is 12.3. The molecule has 1 heterocycles. The Morgan fingerprint density at radius 1 is 0.900 bits per heavy atom. The average molecular weight is 583 g/mol. The average Bonchev–Trinajstić information content (AvgIpc) is 3.16. The first-order chi connectivity index (χ1) is 19.0. The monoisotopic (exact) mass is 582 g/mol. The number of anilines is 3. The quantitative estimate of drug-likeness (QED) is 0.301. The van der Waals surface area contributed by atoms with Gasteiger partial charge < -0.3 is 30.0 Å². The molecule has 0 saturated carbocycles. The number of hydrogen-bond acceptors (Lipinski definition) is 9. The van der Waals surface area contributed by atoms with Crippen LogP contribution >= 0.6 is 23.2 Å². The van der Waals surface area contributed by atoms with Crippen LogP contribution in [0.4, 0.5) is 17.1 Å². The number of hydrogen-bond donors (Lipinski definition) is 2. The summed E-state index contributed by atoms with van der Waals surface area (Å²) in [6, 6.07) is 13.9. The van der Waals surface area contributed by atoms with Gasteiger partial charge in [0.15, 0.2) is 0 Å². The number of rotatable bonds is 8. The summed E-state index contributed by atoms with van der Waals surface area (Å²) in [5.41, 5.74) is 0.444. The fraction of sp³-hybridized carbons (Fsp3) is 0.0741. The molecule has 1 aliphatic heterocycles. The number of esters is 1. The van der Waals surface area contributed by atoms with Gasteiger partial charge in [-0.3, -0.25) is 14.4 Å². The van der Waals surface area contributed by atoms with Crippen LogP contribution in [0, 0.1) is 0 Å². The minimum absolute atomic E-state index is 0.0423. The lowest BCUT2D eigenvalue weighted by Crippen LogP contribution is -2.32. The standard InChI is InChI=1S/C27H19Cl2N3O8/c1-39-20-12-19(18(28)11-17(20)26(36)37)31-23(33)13-6-8-15(9-7-13)30-22-21(29)24(34)32(25(22)35)16-5-3-4-14(10-16)27(38)40-2/h3-12,30H,1-2H3,(H,31,33)(H,36,37)/p-1. The smallest absolute Gasteiger partial charge is 0.337 e. The molecule has 3 aromatic carbocycles. The summed E-state index contributed by atoms with van der Waals surface area (Å²) < 4.78 is 9.70. The molecule has 0 saturated heterocycles. The van der Waals surface area contributed by atoms with Crippen molar-refractivity contribution in [2.24, 2.45) is 0 Å². The van der Waals surface area contributed by atoms with Crippen molar-refractivity contribution >= 4 is 69.9 Å². The van der Waals surface area contributed by atoms with Gasteiger partial charge in [-0.1, -0.05) is 29.3 Å². The number of nitrogens with one attached hydrogen (secondary N) is 2. The van der Waals surface area contributed by atoms with Crippen LogP contribution in [-0.2, 0) is 14.3 Å². The molecule has 0 bridgehead atoms. The molecule has 0 unspecified atom stereocenters. The molecule has 13 heteroatoms. The normalized spacial score (nSPS) is 12.8. The number of methoxy groups -OCH3 is 2. The fourth-order valence-corrected chi connectivity index (χ4v) is 4.18. The number of ether oxygens (including phenoxy) is 2. The van der Waals surface area contributed by atoms with E-state index in [-0.39, 0.29) is 49.6 Å². The Labute approximate surface area is 236 Å². The van der Waals surface area contributed by atoms with Crippen molar-refractivity contribution in [3.8, 4) is 5.75 Å². The minimum atomic E-state index is -1.49. The molecule has 40 heavy (non-hydrogen) atoms. The Morgan fingerprint density at radius 2 is 1.60 bits per heavy atom. The van der Waals surface area contributed by atoms with Crippen molar-refractivity contribution in [2.75, 3.05) is 29.8 Å². The van der Waals surface area contributed by atoms with Gasteiger partial charge in [-0.25, -0.2) is 9.69 Å². The molecule has 11 nitrogen and oxygen atoms in total. The van der Waals surface area contributed by atoms with Gasteiger partial charge >= 0.3 is 5.97 Å². The second-order valence-electron chi connectivity index (χ2n) is 8.15. The highest BCUT2D eigenvalue weighted by Gasteiger charge is 2.39. The van der Waals surface area contributed by atoms with Crippen molar-refractivity contribution in [1.82, 2.24) is 0 Å². The minimum Gasteiger partial charge on any atom is -0.545 e. The molecule has 0 aromatic heterocycles. The Hall–Kier alpha value is -4.87. The van der Waals surface area contributed by atoms with E-state index in [9.17, 15) is 29.1 Å². The summed E-state index contributed by atoms with van der Waals surface area (Å²) in [5.74, 6) is -4.29. The Morgan fingerprint density at radius 3 is 2.23 bits per heavy atom. The van der Waals surface area contributed by atoms with E-state index in [1.54, 1.807) is 0 Å². The highest BCUT2D eigenvalue weighted by molar-refractivity contribution is 6.53. The molecule has 2 N–H and O–H groups in total. The molecule has 3 amide bonds. The maximum atomic E-state index is 13.1. The molecule has 0 fully saturated rings. The van der Waals surface area contributed by atoms with Crippen LogP contribution in [0.1, 0.15) is 31.1 Å². The van der Waals surface area contributed by atoms with E-state index in [1.807, 2.05) is 0 Å². The number of carboxylic acids is 1. The van der Waals surface area contributed by atoms with E-state index in [4.69, 9.17) is 27.9 Å². The predicted molar refractivity (Wildman–Crippen MR) is 144 cm³/mol. The first-order valence-electron chi connectivity index (χ1n) is 11.3. The molecule has 4 rings (SSSR count). The summed E-state index contributed by atoms with van der Waals surface area (Å²) in [6.07, 6.45) is 0. The van der Waals surface area contributed by atoms with Crippen LogP contribution in [0.5, 0.6) is 5.75 Å². The Kier molecular flexibility index (Phi) is 8.08. The van der Waals surface area contributed by atoms with Gasteiger partial charge in [-0.2, -0.15) is 0 Å². The van der Waals surface area contributed by atoms with Gasteiger partial charge in [0.05, 0.1) is 42.1 Å². The number of aromatic carboxylic acids is 1. The van der Waals surface area contributed by atoms with E-state index in [0.29, 0.717) is 5.69 Å². The van der Waals surface area contributed by atoms with Gasteiger partial charge in [-0.05, 0) is 48.5 Å². The van der Waals surface area contributed by atoms with Crippen LogP contribution in [0.25, 0.3) is 0 Å². The molecular weight excluding hydrogens is 565 g/mol. The van der Waals surface area contributed by atoms with E-state index >= 15 is 0 Å². The third kappa shape index (κ3) is 5.46. The van der Waals surface area contributed by atoms with E-state index in [2.05, 4.69) is 15.4 Å². The van der Waals surface area contributed by atoms with E-state index in [0.717, 1.165) is 11.0 Å². The van der Waals surface area contributed by atoms with Crippen LogP contribution in [0.3, 0.4) is 0 Å². The van der Waals surface area contributed by atoms with Gasteiger partial charge in [0, 0.05) is 22.9 Å². The number of carboxylic acid groups (broad SMARTS) is 1. The maximum absolute atomic E-state index is 13.1. The highest BCUT2D eigenvalue weighted by Crippen LogP contribution is 2.32. The second-order valence-corrected chi connectivity index (χ2v) is 8.94. The zero-order chi connectivity index (χ0) is 29.1. The van der Waals surface area contributed by atoms with E-state index < -0.39 is 29.7 Å². The van der Waals surface area contributed by atoms with Gasteiger partial charge in [0.2, 0.25) is 0 Å². The second kappa shape index (κ2) is 11.5. The molecule has 0 atom stereocenters. The van der Waals surface area contributed by atoms with Crippen molar-refractivity contribution in [1.29, 1.82) is 0 Å². The molecule has 3 aromatic rings. The van der Waals surface area contributed by atoms with Crippen molar-refractivity contribution in [3.63, 3.8) is 0 Å². The molecule has 0 aliphatic carbocycles. The maximum Gasteiger partial charge on any atom is 0.337 e. The van der Waals surface area contributed by atoms with Gasteiger partial charge in [0.1, 0.15) is 16.5 Å². The Bertz CT molecular complexity index is 1600. The number of carbonyl (C=O) groups excluding carboxylic acids is 5. The number of carbonyl (C=O) groups is 5. The number of nitrogens with zero attached hydrogens (tertiary/aromatic N) is 1. The van der Waals surface area contributed by atoms with Gasteiger partial charge in [-0.15, -0.1) is 0 Å². The first kappa shape index (κ1) is 28.1. The van der Waals surface area contributed by atoms with Crippen LogP contribution in [0.2, 0.25) is 5.02 Å². The third-order valence-electron chi connectivity index (χ3n) is 5.73. The lowest BCUT2D eigenvalue weighted by atomic mass is 10.1. The fourth-order valence-electron chi connectivity index (χ4n) is 3.76. The Balaban J connectivity index is 1.49. The lowest BCUT2D eigenvalue weighted by Gasteiger charge is -2.16. The van der Waals surface area contributed by atoms with Crippen molar-refractivity contribution in [3.05, 3.63) is 93.1 Å². The largest absolute Gasteiger partial charge is 0.545 e. The number of amides is 3. The summed E-state index contributed by atoms with van der Waals surface area (Å²) in [5, 5.41) is 16.2. The van der Waals surface area contributed by atoms with Crippen LogP contribution in [0.15, 0.2) is 71.4 Å². The highest BCUT2D eigenvalue weighted by atomic mass is 35.5. The van der Waals surface area contributed by atoms with E-state index in [1.165, 1.54) is 68.8 Å². The zero-order valence-corrected chi connectivity index (χ0v) is 22.3. The van der Waals surface area contributed by atoms with Crippen LogP contribution < -0.4 is 25.4 Å². The summed E-state index contributed by atoms with van der Waals surface area (Å²) in [4.78, 5) is 62.5. The molecule has 0 spiro atoms. The summed E-state index contributed by atoms with van der Waals surface area (Å²) in [6.45, 7) is 0. The molecule has 1 aliphatic rings. The number of imide groups is 1.